The van der Waals surface area contributed by atoms with Gasteiger partial charge >= 0.3 is 0 Å². The average Bonchev–Trinajstić information content (AvgIpc) is 3.00. The average molecular weight is 390 g/mol. The standard InChI is InChI=1S/C19H23N3O2S2/c23-17(13-12-19(13)2-4-20-5-3-19)21-6-8-22(9-7-21)18(24)16-11-15-14(26-16)1-10-25-15/h1,10-11,13,20H,2-9,12H2. The van der Waals surface area contributed by atoms with Crippen molar-refractivity contribution in [3.05, 3.63) is 22.4 Å². The summed E-state index contributed by atoms with van der Waals surface area (Å²) in [7, 11) is 0. The molecule has 0 aromatic carbocycles. The van der Waals surface area contributed by atoms with Gasteiger partial charge in [0.05, 0.1) is 4.88 Å². The van der Waals surface area contributed by atoms with Gasteiger partial charge in [0.2, 0.25) is 5.91 Å². The first kappa shape index (κ1) is 16.7. The van der Waals surface area contributed by atoms with Gasteiger partial charge in [-0.15, -0.1) is 22.7 Å². The number of carbonyl (C=O) groups excluding carboxylic acids is 2. The quantitative estimate of drug-likeness (QED) is 0.859. The molecule has 1 N–H and O–H groups in total. The van der Waals surface area contributed by atoms with E-state index in [9.17, 15) is 9.59 Å². The SMILES string of the molecule is O=C(c1cc2sccc2s1)N1CCN(C(=O)C2CC23CCNCC3)CC1. The molecule has 1 saturated carbocycles. The van der Waals surface area contributed by atoms with Crippen molar-refractivity contribution < 1.29 is 9.59 Å². The van der Waals surface area contributed by atoms with Crippen LogP contribution in [-0.2, 0) is 4.79 Å². The number of amides is 2. The van der Waals surface area contributed by atoms with Crippen molar-refractivity contribution in [3.8, 4) is 0 Å². The summed E-state index contributed by atoms with van der Waals surface area (Å²) in [6, 6.07) is 4.08. The molecule has 2 saturated heterocycles. The maximum atomic E-state index is 12.9. The highest BCUT2D eigenvalue weighted by Gasteiger charge is 2.58. The van der Waals surface area contributed by atoms with Crippen LogP contribution < -0.4 is 5.32 Å². The lowest BCUT2D eigenvalue weighted by atomic mass is 9.91. The zero-order valence-corrected chi connectivity index (χ0v) is 16.3. The Bertz CT molecular complexity index is 815. The van der Waals surface area contributed by atoms with E-state index in [4.69, 9.17) is 0 Å². The predicted octanol–water partition coefficient (Wildman–Crippen LogP) is 2.64. The van der Waals surface area contributed by atoms with Crippen molar-refractivity contribution in [2.45, 2.75) is 19.3 Å². The van der Waals surface area contributed by atoms with Crippen LogP contribution in [0.3, 0.4) is 0 Å². The van der Waals surface area contributed by atoms with Crippen molar-refractivity contribution >= 4 is 43.9 Å². The van der Waals surface area contributed by atoms with Crippen molar-refractivity contribution in [2.75, 3.05) is 39.3 Å². The second-order valence-electron chi connectivity index (χ2n) is 7.75. The van der Waals surface area contributed by atoms with Crippen LogP contribution in [0.5, 0.6) is 0 Å². The molecule has 3 fully saturated rings. The Morgan fingerprint density at radius 2 is 1.81 bits per heavy atom. The molecule has 2 amide bonds. The summed E-state index contributed by atoms with van der Waals surface area (Å²) in [5.41, 5.74) is 0.290. The molecule has 0 radical (unpaired) electrons. The molecule has 4 heterocycles. The van der Waals surface area contributed by atoms with Crippen LogP contribution in [0.25, 0.3) is 9.40 Å². The number of piperidine rings is 1. The Balaban J connectivity index is 1.19. The summed E-state index contributed by atoms with van der Waals surface area (Å²) in [4.78, 5) is 30.4. The first-order chi connectivity index (χ1) is 12.7. The fraction of sp³-hybridized carbons (Fsp3) is 0.579. The molecule has 1 atom stereocenters. The summed E-state index contributed by atoms with van der Waals surface area (Å²) >= 11 is 3.25. The van der Waals surface area contributed by atoms with E-state index in [1.165, 1.54) is 9.40 Å². The molecule has 2 aromatic rings. The first-order valence-electron chi connectivity index (χ1n) is 9.42. The normalized spacial score (nSPS) is 25.0. The molecule has 2 aliphatic heterocycles. The van der Waals surface area contributed by atoms with Crippen LogP contribution in [0.4, 0.5) is 0 Å². The second-order valence-corrected chi connectivity index (χ2v) is 9.78. The van der Waals surface area contributed by atoms with Gasteiger partial charge in [-0.25, -0.2) is 0 Å². The number of carbonyl (C=O) groups is 2. The van der Waals surface area contributed by atoms with Crippen molar-refractivity contribution in [1.82, 2.24) is 15.1 Å². The highest BCUT2D eigenvalue weighted by molar-refractivity contribution is 7.27. The van der Waals surface area contributed by atoms with Gasteiger partial charge in [-0.3, -0.25) is 9.59 Å². The van der Waals surface area contributed by atoms with Crippen molar-refractivity contribution in [2.24, 2.45) is 11.3 Å². The van der Waals surface area contributed by atoms with Crippen molar-refractivity contribution in [3.63, 3.8) is 0 Å². The highest BCUT2D eigenvalue weighted by atomic mass is 32.1. The van der Waals surface area contributed by atoms with Gasteiger partial charge in [0.15, 0.2) is 0 Å². The topological polar surface area (TPSA) is 52.7 Å². The summed E-state index contributed by atoms with van der Waals surface area (Å²) in [5.74, 6) is 0.679. The van der Waals surface area contributed by atoms with E-state index in [-0.39, 0.29) is 17.2 Å². The third-order valence-corrected chi connectivity index (χ3v) is 8.40. The van der Waals surface area contributed by atoms with Gasteiger partial charge in [0.1, 0.15) is 0 Å². The van der Waals surface area contributed by atoms with Gasteiger partial charge in [0.25, 0.3) is 5.91 Å². The van der Waals surface area contributed by atoms with Crippen LogP contribution in [0, 0.1) is 11.3 Å². The highest BCUT2D eigenvalue weighted by Crippen LogP contribution is 2.59. The smallest absolute Gasteiger partial charge is 0.264 e. The Morgan fingerprint density at radius 3 is 2.54 bits per heavy atom. The molecule has 5 nitrogen and oxygen atoms in total. The lowest BCUT2D eigenvalue weighted by Crippen LogP contribution is -2.51. The third kappa shape index (κ3) is 2.77. The largest absolute Gasteiger partial charge is 0.339 e. The summed E-state index contributed by atoms with van der Waals surface area (Å²) in [5, 5.41) is 5.46. The van der Waals surface area contributed by atoms with E-state index < -0.39 is 0 Å². The molecule has 5 rings (SSSR count). The minimum Gasteiger partial charge on any atom is -0.339 e. The van der Waals surface area contributed by atoms with Crippen LogP contribution in [0.2, 0.25) is 0 Å². The number of rotatable bonds is 2. The summed E-state index contributed by atoms with van der Waals surface area (Å²) in [6.07, 6.45) is 3.34. The van der Waals surface area contributed by atoms with Crippen molar-refractivity contribution in [1.29, 1.82) is 0 Å². The zero-order valence-electron chi connectivity index (χ0n) is 14.7. The van der Waals surface area contributed by atoms with E-state index in [1.54, 1.807) is 22.7 Å². The number of hydrogen-bond donors (Lipinski definition) is 1. The molecule has 7 heteroatoms. The fourth-order valence-corrected chi connectivity index (χ4v) is 6.63. The van der Waals surface area contributed by atoms with E-state index in [1.807, 2.05) is 15.9 Å². The number of nitrogens with one attached hydrogen (secondary N) is 1. The van der Waals surface area contributed by atoms with E-state index >= 15 is 0 Å². The molecule has 138 valence electrons. The Labute approximate surface area is 161 Å². The lowest BCUT2D eigenvalue weighted by molar-refractivity contribution is -0.135. The molecule has 0 bridgehead atoms. The number of fused-ring (bicyclic) bond motifs is 1. The van der Waals surface area contributed by atoms with Gasteiger partial charge in [-0.1, -0.05) is 0 Å². The molecule has 1 unspecified atom stereocenters. The van der Waals surface area contributed by atoms with Crippen LogP contribution >= 0.6 is 22.7 Å². The van der Waals surface area contributed by atoms with Gasteiger partial charge < -0.3 is 15.1 Å². The fourth-order valence-electron chi connectivity index (χ4n) is 4.55. The van der Waals surface area contributed by atoms with E-state index in [0.717, 1.165) is 37.2 Å². The van der Waals surface area contributed by atoms with Crippen LogP contribution in [0.15, 0.2) is 17.5 Å². The number of nitrogens with zero attached hydrogens (tertiary/aromatic N) is 2. The van der Waals surface area contributed by atoms with Gasteiger partial charge in [-0.05, 0) is 55.3 Å². The minimum atomic E-state index is 0.117. The maximum absolute atomic E-state index is 12.9. The first-order valence-corrected chi connectivity index (χ1v) is 11.1. The number of thiophene rings is 2. The third-order valence-electron chi connectivity index (χ3n) is 6.32. The summed E-state index contributed by atoms with van der Waals surface area (Å²) < 4.78 is 2.38. The van der Waals surface area contributed by atoms with Crippen LogP contribution in [-0.4, -0.2) is 60.9 Å². The van der Waals surface area contributed by atoms with Gasteiger partial charge in [0, 0.05) is 41.5 Å². The molecule has 26 heavy (non-hydrogen) atoms. The Hall–Kier alpha value is -1.44. The molecule has 2 aromatic heterocycles. The second kappa shape index (κ2) is 6.32. The predicted molar refractivity (Wildman–Crippen MR) is 105 cm³/mol. The molecule has 1 aliphatic carbocycles. The zero-order chi connectivity index (χ0) is 17.7. The molecular formula is C19H23N3O2S2. The molecule has 3 aliphatic rings. The summed E-state index contributed by atoms with van der Waals surface area (Å²) in [6.45, 7) is 4.74. The maximum Gasteiger partial charge on any atom is 0.264 e. The Kier molecular flexibility index (Phi) is 4.06. The van der Waals surface area contributed by atoms with E-state index in [0.29, 0.717) is 32.1 Å². The van der Waals surface area contributed by atoms with Crippen LogP contribution in [0.1, 0.15) is 28.9 Å². The number of hydrogen-bond acceptors (Lipinski definition) is 5. The molecule has 1 spiro atoms. The van der Waals surface area contributed by atoms with Gasteiger partial charge in [-0.2, -0.15) is 0 Å². The lowest BCUT2D eigenvalue weighted by Gasteiger charge is -2.35. The molecular weight excluding hydrogens is 366 g/mol. The monoisotopic (exact) mass is 389 g/mol. The Morgan fingerprint density at radius 1 is 1.08 bits per heavy atom. The van der Waals surface area contributed by atoms with E-state index in [2.05, 4.69) is 16.8 Å². The minimum absolute atomic E-state index is 0.117. The number of piperazine rings is 1.